The van der Waals surface area contributed by atoms with Crippen LogP contribution in [0, 0.1) is 5.41 Å². The lowest BCUT2D eigenvalue weighted by molar-refractivity contribution is -0.123. The first-order chi connectivity index (χ1) is 13.5. The van der Waals surface area contributed by atoms with Gasteiger partial charge >= 0.3 is 0 Å². The Hall–Kier alpha value is -3.33. The highest BCUT2D eigenvalue weighted by Crippen LogP contribution is 2.42. The van der Waals surface area contributed by atoms with Gasteiger partial charge in [-0.15, -0.1) is 0 Å². The highest BCUT2D eigenvalue weighted by atomic mass is 16.2. The smallest absolute Gasteiger partial charge is 0.231 e. The number of ketones is 2. The van der Waals surface area contributed by atoms with E-state index in [9.17, 15) is 9.59 Å². The molecule has 0 atom stereocenters. The van der Waals surface area contributed by atoms with Gasteiger partial charge in [-0.25, -0.2) is 0 Å². The van der Waals surface area contributed by atoms with Crippen LogP contribution in [-0.2, 0) is 11.2 Å². The van der Waals surface area contributed by atoms with Crippen LogP contribution in [-0.4, -0.2) is 16.6 Å². The standard InChI is InChI=1S/C25H19NO2/c1-25(2)14-19-22(23(27)24(25)28)20(16-9-4-3-5-10-16)21-17-11-7-6-8-15(17)12-13-18(21)26-19/h3-13H,14H2,1-2H3. The second-order valence-corrected chi connectivity index (χ2v) is 8.07. The van der Waals surface area contributed by atoms with Gasteiger partial charge in [-0.3, -0.25) is 14.6 Å². The first-order valence-electron chi connectivity index (χ1n) is 9.46. The van der Waals surface area contributed by atoms with Gasteiger partial charge in [-0.2, -0.15) is 0 Å². The summed E-state index contributed by atoms with van der Waals surface area (Å²) < 4.78 is 0. The summed E-state index contributed by atoms with van der Waals surface area (Å²) >= 11 is 0. The SMILES string of the molecule is CC1(C)Cc2nc3ccc4ccccc4c3c(-c3ccccc3)c2C(=O)C1=O. The van der Waals surface area contributed by atoms with E-state index in [4.69, 9.17) is 4.98 Å². The zero-order valence-electron chi connectivity index (χ0n) is 15.8. The quantitative estimate of drug-likeness (QED) is 0.336. The predicted molar refractivity (Wildman–Crippen MR) is 112 cm³/mol. The summed E-state index contributed by atoms with van der Waals surface area (Å²) in [6.07, 6.45) is 0.468. The van der Waals surface area contributed by atoms with Crippen molar-refractivity contribution in [3.8, 4) is 11.1 Å². The van der Waals surface area contributed by atoms with Crippen LogP contribution in [0.15, 0.2) is 66.7 Å². The lowest BCUT2D eigenvalue weighted by Crippen LogP contribution is -2.39. The van der Waals surface area contributed by atoms with E-state index in [0.717, 1.165) is 38.5 Å². The van der Waals surface area contributed by atoms with Gasteiger partial charge < -0.3 is 0 Å². The maximum absolute atomic E-state index is 13.2. The van der Waals surface area contributed by atoms with Crippen LogP contribution in [0.1, 0.15) is 29.9 Å². The number of nitrogens with zero attached hydrogens (tertiary/aromatic N) is 1. The molecule has 0 spiro atoms. The zero-order chi connectivity index (χ0) is 19.5. The van der Waals surface area contributed by atoms with Crippen molar-refractivity contribution in [2.24, 2.45) is 5.41 Å². The van der Waals surface area contributed by atoms with Crippen LogP contribution >= 0.6 is 0 Å². The molecule has 1 aliphatic rings. The average molecular weight is 365 g/mol. The van der Waals surface area contributed by atoms with Crippen LogP contribution < -0.4 is 0 Å². The third-order valence-electron chi connectivity index (χ3n) is 5.67. The third kappa shape index (κ3) is 2.32. The molecular weight excluding hydrogens is 346 g/mol. The van der Waals surface area contributed by atoms with E-state index in [2.05, 4.69) is 18.2 Å². The second kappa shape index (κ2) is 5.83. The fraction of sp³-hybridized carbons (Fsp3) is 0.160. The molecule has 0 amide bonds. The molecule has 0 saturated heterocycles. The Kier molecular flexibility index (Phi) is 3.50. The molecule has 3 nitrogen and oxygen atoms in total. The van der Waals surface area contributed by atoms with Gasteiger partial charge in [-0.1, -0.05) is 74.5 Å². The van der Waals surface area contributed by atoms with E-state index in [1.165, 1.54) is 0 Å². The zero-order valence-corrected chi connectivity index (χ0v) is 15.8. The number of benzene rings is 3. The molecular formula is C25H19NO2. The minimum atomic E-state index is -0.727. The summed E-state index contributed by atoms with van der Waals surface area (Å²) in [6, 6.07) is 22.0. The number of Topliss-reactive ketones (excluding diaryl/α,β-unsaturated/α-hetero) is 2. The van der Waals surface area contributed by atoms with Crippen LogP contribution in [0.2, 0.25) is 0 Å². The Morgan fingerprint density at radius 3 is 2.32 bits per heavy atom. The lowest BCUT2D eigenvalue weighted by Gasteiger charge is -2.30. The van der Waals surface area contributed by atoms with Crippen LogP contribution in [0.4, 0.5) is 0 Å². The van der Waals surface area contributed by atoms with Crippen molar-refractivity contribution >= 4 is 33.2 Å². The Morgan fingerprint density at radius 1 is 0.821 bits per heavy atom. The fourth-order valence-electron chi connectivity index (χ4n) is 4.27. The van der Waals surface area contributed by atoms with Crippen molar-refractivity contribution in [2.45, 2.75) is 20.3 Å². The van der Waals surface area contributed by atoms with E-state index in [1.807, 2.05) is 62.4 Å². The van der Waals surface area contributed by atoms with Gasteiger partial charge in [0.1, 0.15) is 0 Å². The number of hydrogen-bond acceptors (Lipinski definition) is 3. The van der Waals surface area contributed by atoms with Crippen molar-refractivity contribution in [3.63, 3.8) is 0 Å². The number of pyridine rings is 1. The van der Waals surface area contributed by atoms with Gasteiger partial charge in [0.2, 0.25) is 11.6 Å². The van der Waals surface area contributed by atoms with E-state index < -0.39 is 11.2 Å². The number of fused-ring (bicyclic) bond motifs is 4. The van der Waals surface area contributed by atoms with Crippen molar-refractivity contribution in [1.29, 1.82) is 0 Å². The molecule has 3 heteroatoms. The topological polar surface area (TPSA) is 47.0 Å². The van der Waals surface area contributed by atoms with Crippen LogP contribution in [0.5, 0.6) is 0 Å². The van der Waals surface area contributed by atoms with Crippen LogP contribution in [0.25, 0.3) is 32.8 Å². The maximum Gasteiger partial charge on any atom is 0.231 e. The van der Waals surface area contributed by atoms with Crippen molar-refractivity contribution in [2.75, 3.05) is 0 Å². The molecule has 1 heterocycles. The Morgan fingerprint density at radius 2 is 1.54 bits per heavy atom. The average Bonchev–Trinajstić information content (AvgIpc) is 2.71. The highest BCUT2D eigenvalue weighted by Gasteiger charge is 2.42. The molecule has 28 heavy (non-hydrogen) atoms. The number of hydrogen-bond donors (Lipinski definition) is 0. The highest BCUT2D eigenvalue weighted by molar-refractivity contribution is 6.48. The predicted octanol–water partition coefficient (Wildman–Crippen LogP) is 5.39. The van der Waals surface area contributed by atoms with E-state index >= 15 is 0 Å². The molecule has 5 rings (SSSR count). The van der Waals surface area contributed by atoms with Gasteiger partial charge in [0.25, 0.3) is 0 Å². The molecule has 0 saturated carbocycles. The molecule has 1 aromatic heterocycles. The van der Waals surface area contributed by atoms with Gasteiger partial charge in [0.15, 0.2) is 0 Å². The molecule has 3 aromatic carbocycles. The molecule has 0 bridgehead atoms. The number of carbonyl (C=O) groups is 2. The number of carbonyl (C=O) groups excluding carboxylic acids is 2. The van der Waals surface area contributed by atoms with Crippen LogP contribution in [0.3, 0.4) is 0 Å². The van der Waals surface area contributed by atoms with E-state index in [0.29, 0.717) is 12.0 Å². The Balaban J connectivity index is 2.01. The molecule has 0 fully saturated rings. The molecule has 0 unspecified atom stereocenters. The first kappa shape index (κ1) is 16.8. The summed E-state index contributed by atoms with van der Waals surface area (Å²) in [5.74, 6) is -0.758. The summed E-state index contributed by atoms with van der Waals surface area (Å²) in [6.45, 7) is 3.65. The Labute approximate surface area is 163 Å². The first-order valence-corrected chi connectivity index (χ1v) is 9.46. The molecule has 0 N–H and O–H groups in total. The van der Waals surface area contributed by atoms with Crippen molar-refractivity contribution < 1.29 is 9.59 Å². The third-order valence-corrected chi connectivity index (χ3v) is 5.67. The molecule has 4 aromatic rings. The minimum Gasteiger partial charge on any atom is -0.290 e. The molecule has 0 aliphatic heterocycles. The summed E-state index contributed by atoms with van der Waals surface area (Å²) in [7, 11) is 0. The molecule has 0 radical (unpaired) electrons. The lowest BCUT2D eigenvalue weighted by atomic mass is 9.72. The van der Waals surface area contributed by atoms with Crippen molar-refractivity contribution in [3.05, 3.63) is 78.0 Å². The molecule has 1 aliphatic carbocycles. The maximum atomic E-state index is 13.2. The largest absolute Gasteiger partial charge is 0.290 e. The number of aromatic nitrogens is 1. The van der Waals surface area contributed by atoms with E-state index in [-0.39, 0.29) is 5.78 Å². The van der Waals surface area contributed by atoms with Gasteiger partial charge in [0, 0.05) is 22.8 Å². The summed E-state index contributed by atoms with van der Waals surface area (Å²) in [4.78, 5) is 30.9. The fourth-order valence-corrected chi connectivity index (χ4v) is 4.27. The summed E-state index contributed by atoms with van der Waals surface area (Å²) in [5.41, 5.74) is 3.08. The second-order valence-electron chi connectivity index (χ2n) is 8.07. The summed E-state index contributed by atoms with van der Waals surface area (Å²) in [5, 5.41) is 3.06. The van der Waals surface area contributed by atoms with Gasteiger partial charge in [-0.05, 0) is 22.4 Å². The normalized spacial score (nSPS) is 15.8. The minimum absolute atomic E-state index is 0.335. The number of rotatable bonds is 1. The van der Waals surface area contributed by atoms with Crippen molar-refractivity contribution in [1.82, 2.24) is 4.98 Å². The van der Waals surface area contributed by atoms with E-state index in [1.54, 1.807) is 0 Å². The molecule has 136 valence electrons. The Bertz CT molecular complexity index is 1290. The monoisotopic (exact) mass is 365 g/mol. The van der Waals surface area contributed by atoms with Gasteiger partial charge in [0.05, 0.1) is 16.8 Å².